The van der Waals surface area contributed by atoms with Crippen LogP contribution in [0.25, 0.3) is 0 Å². The number of phosphoric acid groups is 1. The Morgan fingerprint density at radius 2 is 1.28 bits per heavy atom. The average molecular weight is 822 g/mol. The molecule has 4 atom stereocenters. The number of carbonyl (C=O) groups excluding carboxylic acids is 2. The second kappa shape index (κ2) is 31.4. The van der Waals surface area contributed by atoms with Gasteiger partial charge in [0, 0.05) is 32.2 Å². The molecule has 1 aromatic heterocycles. The molecular weight excluding hydrogens is 745 g/mol. The third-order valence-corrected chi connectivity index (χ3v) is 11.1. The van der Waals surface area contributed by atoms with Crippen molar-refractivity contribution in [2.75, 3.05) is 26.4 Å². The van der Waals surface area contributed by atoms with Crippen molar-refractivity contribution in [2.45, 2.75) is 187 Å². The predicted octanol–water partition coefficient (Wildman–Crippen LogP) is 10.8. The zero-order valence-corrected chi connectivity index (χ0v) is 36.6. The molecule has 0 aromatic carbocycles. The van der Waals surface area contributed by atoms with Gasteiger partial charge >= 0.3 is 19.8 Å². The van der Waals surface area contributed by atoms with E-state index in [1.807, 2.05) is 0 Å². The topological polar surface area (TPSA) is 160 Å². The smallest absolute Gasteiger partial charge is 0.466 e. The Bertz CT molecular complexity index is 1370. The van der Waals surface area contributed by atoms with Crippen LogP contribution in [0.1, 0.15) is 165 Å². The van der Waals surface area contributed by atoms with Gasteiger partial charge < -0.3 is 29.3 Å². The highest BCUT2D eigenvalue weighted by molar-refractivity contribution is 7.47. The fourth-order valence-corrected chi connectivity index (χ4v) is 7.20. The molecule has 2 rings (SSSR count). The molecule has 2 heterocycles. The van der Waals surface area contributed by atoms with Gasteiger partial charge in [0.15, 0.2) is 6.10 Å². The van der Waals surface area contributed by atoms with Crippen LogP contribution < -0.4 is 5.73 Å². The molecule has 57 heavy (non-hydrogen) atoms. The molecule has 12 heteroatoms. The molecule has 3 N–H and O–H groups in total. The Hall–Kier alpha value is -2.53. The molecule has 1 saturated heterocycles. The molecule has 1 aromatic rings. The number of nitrogens with two attached hydrogens (primary N) is 1. The van der Waals surface area contributed by atoms with Crippen molar-refractivity contribution >= 4 is 19.8 Å². The first-order valence-corrected chi connectivity index (χ1v) is 23.4. The summed E-state index contributed by atoms with van der Waals surface area (Å²) in [5.74, 6) is 1.32. The number of epoxide rings is 1. The van der Waals surface area contributed by atoms with E-state index in [4.69, 9.17) is 33.4 Å². The number of esters is 2. The maximum atomic E-state index is 12.7. The van der Waals surface area contributed by atoms with E-state index in [2.05, 4.69) is 64.2 Å². The van der Waals surface area contributed by atoms with Gasteiger partial charge in [-0.05, 0) is 89.2 Å². The summed E-state index contributed by atoms with van der Waals surface area (Å²) in [7, 11) is -4.41. The monoisotopic (exact) mass is 822 g/mol. The molecule has 326 valence electrons. The highest BCUT2D eigenvalue weighted by Gasteiger charge is 2.36. The second-order valence-corrected chi connectivity index (χ2v) is 16.6. The van der Waals surface area contributed by atoms with Crippen molar-refractivity contribution in [1.82, 2.24) is 0 Å². The highest BCUT2D eigenvalue weighted by atomic mass is 31.2. The molecule has 0 bridgehead atoms. The molecule has 0 spiro atoms. The van der Waals surface area contributed by atoms with E-state index in [9.17, 15) is 19.0 Å². The van der Waals surface area contributed by atoms with E-state index < -0.39 is 32.5 Å². The molecule has 1 aliphatic rings. The summed E-state index contributed by atoms with van der Waals surface area (Å²) in [5, 5.41) is 0. The van der Waals surface area contributed by atoms with Crippen LogP contribution >= 0.6 is 7.82 Å². The summed E-state index contributed by atoms with van der Waals surface area (Å²) in [5.41, 5.74) is 7.94. The first-order chi connectivity index (χ1) is 27.6. The van der Waals surface area contributed by atoms with E-state index in [0.717, 1.165) is 82.1 Å². The Kier molecular flexibility index (Phi) is 27.9. The zero-order chi connectivity index (χ0) is 41.6. The number of carbonyl (C=O) groups is 2. The van der Waals surface area contributed by atoms with Crippen LogP contribution in [0.15, 0.2) is 40.9 Å². The quantitative estimate of drug-likeness (QED) is 0.0218. The number of unbranched alkanes of at least 4 members (excludes halogenated alkanes) is 11. The van der Waals surface area contributed by atoms with Gasteiger partial charge in [-0.3, -0.25) is 18.6 Å². The minimum atomic E-state index is -4.41. The van der Waals surface area contributed by atoms with Crippen LogP contribution in [-0.2, 0) is 50.3 Å². The van der Waals surface area contributed by atoms with Crippen LogP contribution in [0, 0.1) is 13.8 Å². The average Bonchev–Trinajstić information content (AvgIpc) is 3.89. The Morgan fingerprint density at radius 1 is 0.719 bits per heavy atom. The SMILES string of the molecule is CCCCC/C=C\C/C=C\CC1OC1C/C=C\CCCC(=O)OC[C@H](COP(=O)(O)OCCN)OC(=O)CCCCCCCCc1oc(CCCCC)c(C)c1C. The minimum Gasteiger partial charge on any atom is -0.466 e. The van der Waals surface area contributed by atoms with Gasteiger partial charge in [0.05, 0.1) is 25.4 Å². The molecule has 1 fully saturated rings. The van der Waals surface area contributed by atoms with Crippen LogP contribution in [0.2, 0.25) is 0 Å². The summed E-state index contributed by atoms with van der Waals surface area (Å²) < 4.78 is 44.8. The molecule has 3 unspecified atom stereocenters. The standard InChI is InChI=1S/C45H76NO10P/c1-5-7-9-10-11-12-13-17-23-29-42-43(56-42)30-24-19-20-25-31-44(47)51-35-39(36-53-57(49,50)52-34-33-46)54-45(48)32-26-18-15-14-16-22-28-41-38(4)37(3)40(55-41)27-21-8-6-2/h11-12,17,19,23-24,39,42-43H,5-10,13-16,18,20-22,25-36,46H2,1-4H3,(H,49,50)/b12-11-,23-17-,24-19-/t39-,42?,43?/m1/s1. The summed E-state index contributed by atoms with van der Waals surface area (Å²) in [4.78, 5) is 35.1. The lowest BCUT2D eigenvalue weighted by Gasteiger charge is -2.19. The van der Waals surface area contributed by atoms with E-state index >= 15 is 0 Å². The van der Waals surface area contributed by atoms with Gasteiger partial charge in [0.1, 0.15) is 18.1 Å². The Labute approximate surface area is 344 Å². The molecule has 0 amide bonds. The number of hydrogen-bond donors (Lipinski definition) is 2. The molecule has 11 nitrogen and oxygen atoms in total. The van der Waals surface area contributed by atoms with Gasteiger partial charge in [-0.2, -0.15) is 0 Å². The summed E-state index contributed by atoms with van der Waals surface area (Å²) >= 11 is 0. The van der Waals surface area contributed by atoms with Gasteiger partial charge in [0.2, 0.25) is 0 Å². The number of hydrogen-bond acceptors (Lipinski definition) is 10. The van der Waals surface area contributed by atoms with Gasteiger partial charge in [-0.25, -0.2) is 4.57 Å². The molecule has 1 aliphatic heterocycles. The number of rotatable bonds is 36. The lowest BCUT2D eigenvalue weighted by molar-refractivity contribution is -0.161. The number of phosphoric ester groups is 1. The first kappa shape index (κ1) is 50.6. The third-order valence-electron chi connectivity index (χ3n) is 10.1. The number of ether oxygens (including phenoxy) is 3. The zero-order valence-electron chi connectivity index (χ0n) is 35.7. The van der Waals surface area contributed by atoms with Crippen molar-refractivity contribution in [1.29, 1.82) is 0 Å². The predicted molar refractivity (Wildman–Crippen MR) is 227 cm³/mol. The normalized spacial score (nSPS) is 17.2. The van der Waals surface area contributed by atoms with Crippen molar-refractivity contribution in [2.24, 2.45) is 5.73 Å². The third kappa shape index (κ3) is 24.9. The summed E-state index contributed by atoms with van der Waals surface area (Å²) in [6.07, 6.45) is 33.2. The number of furan rings is 1. The first-order valence-electron chi connectivity index (χ1n) is 21.9. The molecule has 0 aliphatic carbocycles. The van der Waals surface area contributed by atoms with E-state index in [1.165, 1.54) is 49.7 Å². The summed E-state index contributed by atoms with van der Waals surface area (Å²) in [6.45, 7) is 7.85. The van der Waals surface area contributed by atoms with E-state index in [-0.39, 0.29) is 44.8 Å². The van der Waals surface area contributed by atoms with E-state index in [1.54, 1.807) is 0 Å². The molecule has 0 radical (unpaired) electrons. The van der Waals surface area contributed by atoms with Crippen LogP contribution in [0.4, 0.5) is 0 Å². The van der Waals surface area contributed by atoms with Crippen LogP contribution in [-0.4, -0.2) is 61.5 Å². The molecule has 0 saturated carbocycles. The molecular formula is C45H76NO10P. The van der Waals surface area contributed by atoms with Crippen LogP contribution in [0.3, 0.4) is 0 Å². The maximum absolute atomic E-state index is 12.7. The van der Waals surface area contributed by atoms with Crippen molar-refractivity contribution < 1.29 is 46.7 Å². The van der Waals surface area contributed by atoms with Gasteiger partial charge in [0.25, 0.3) is 0 Å². The Balaban J connectivity index is 1.62. The highest BCUT2D eigenvalue weighted by Crippen LogP contribution is 2.43. The fraction of sp³-hybridized carbons (Fsp3) is 0.733. The number of allylic oxidation sites excluding steroid dienone is 4. The second-order valence-electron chi connectivity index (χ2n) is 15.2. The lowest BCUT2D eigenvalue weighted by Crippen LogP contribution is -2.29. The largest absolute Gasteiger partial charge is 0.472 e. The lowest BCUT2D eigenvalue weighted by atomic mass is 10.0. The number of aryl methyl sites for hydroxylation is 2. The summed E-state index contributed by atoms with van der Waals surface area (Å²) in [6, 6.07) is 0. The van der Waals surface area contributed by atoms with Crippen LogP contribution in [0.5, 0.6) is 0 Å². The van der Waals surface area contributed by atoms with E-state index in [0.29, 0.717) is 19.3 Å². The minimum absolute atomic E-state index is 0.0343. The maximum Gasteiger partial charge on any atom is 0.472 e. The Morgan fingerprint density at radius 3 is 1.96 bits per heavy atom. The van der Waals surface area contributed by atoms with Crippen molar-refractivity contribution in [3.8, 4) is 0 Å². The fourth-order valence-electron chi connectivity index (χ4n) is 6.43. The van der Waals surface area contributed by atoms with Gasteiger partial charge in [-0.1, -0.05) is 102 Å². The van der Waals surface area contributed by atoms with Gasteiger partial charge in [-0.15, -0.1) is 0 Å². The van der Waals surface area contributed by atoms with Crippen molar-refractivity contribution in [3.63, 3.8) is 0 Å². The van der Waals surface area contributed by atoms with Crippen molar-refractivity contribution in [3.05, 3.63) is 59.1 Å².